The standard InChI is InChI=1S/C12H9ClINO/c13-12-7-15-5-4-9(12)8-16-11-3-1-2-10(14)6-11/h1-7H,8H2. The van der Waals surface area contributed by atoms with E-state index in [2.05, 4.69) is 27.6 Å². The Kier molecular flexibility index (Phi) is 4.01. The number of hydrogen-bond acceptors (Lipinski definition) is 2. The van der Waals surface area contributed by atoms with Crippen LogP contribution in [0.2, 0.25) is 5.02 Å². The number of hydrogen-bond donors (Lipinski definition) is 0. The first-order valence-electron chi connectivity index (χ1n) is 4.72. The molecule has 0 saturated carbocycles. The minimum atomic E-state index is 0.460. The molecule has 82 valence electrons. The largest absolute Gasteiger partial charge is 0.489 e. The summed E-state index contributed by atoms with van der Waals surface area (Å²) in [6.07, 6.45) is 3.33. The van der Waals surface area contributed by atoms with Crippen LogP contribution in [0.4, 0.5) is 0 Å². The van der Waals surface area contributed by atoms with E-state index in [1.807, 2.05) is 30.3 Å². The Hall–Kier alpha value is -0.810. The van der Waals surface area contributed by atoms with Gasteiger partial charge in [0.25, 0.3) is 0 Å². The van der Waals surface area contributed by atoms with Crippen LogP contribution < -0.4 is 4.74 Å². The van der Waals surface area contributed by atoms with Crippen LogP contribution in [0.15, 0.2) is 42.7 Å². The average molecular weight is 346 g/mol. The molecule has 2 aromatic rings. The monoisotopic (exact) mass is 345 g/mol. The quantitative estimate of drug-likeness (QED) is 0.787. The summed E-state index contributed by atoms with van der Waals surface area (Å²) in [5.74, 6) is 0.847. The van der Waals surface area contributed by atoms with Crippen molar-refractivity contribution in [1.29, 1.82) is 0 Å². The van der Waals surface area contributed by atoms with Gasteiger partial charge in [-0.25, -0.2) is 0 Å². The molecule has 1 heterocycles. The summed E-state index contributed by atoms with van der Waals surface area (Å²) in [5.41, 5.74) is 0.940. The van der Waals surface area contributed by atoms with E-state index in [1.54, 1.807) is 12.4 Å². The zero-order valence-electron chi connectivity index (χ0n) is 8.36. The molecule has 0 N–H and O–H groups in total. The summed E-state index contributed by atoms with van der Waals surface area (Å²) < 4.78 is 6.79. The van der Waals surface area contributed by atoms with Gasteiger partial charge in [0.1, 0.15) is 12.4 Å². The van der Waals surface area contributed by atoms with Gasteiger partial charge in [0.05, 0.1) is 5.02 Å². The van der Waals surface area contributed by atoms with Gasteiger partial charge in [0.15, 0.2) is 0 Å². The number of pyridine rings is 1. The minimum absolute atomic E-state index is 0.460. The molecule has 0 fully saturated rings. The Morgan fingerprint density at radius 3 is 2.94 bits per heavy atom. The van der Waals surface area contributed by atoms with E-state index in [0.29, 0.717) is 11.6 Å². The molecule has 0 amide bonds. The zero-order chi connectivity index (χ0) is 11.4. The number of rotatable bonds is 3. The van der Waals surface area contributed by atoms with Crippen LogP contribution >= 0.6 is 34.2 Å². The van der Waals surface area contributed by atoms with E-state index in [1.165, 1.54) is 0 Å². The van der Waals surface area contributed by atoms with Gasteiger partial charge in [-0.05, 0) is 46.9 Å². The molecule has 0 aliphatic carbocycles. The normalized spacial score (nSPS) is 10.1. The van der Waals surface area contributed by atoms with Crippen molar-refractivity contribution in [3.63, 3.8) is 0 Å². The molecule has 0 unspecified atom stereocenters. The molecular weight excluding hydrogens is 336 g/mol. The van der Waals surface area contributed by atoms with E-state index in [0.717, 1.165) is 14.9 Å². The van der Waals surface area contributed by atoms with E-state index < -0.39 is 0 Å². The lowest BCUT2D eigenvalue weighted by atomic mass is 10.3. The first-order valence-corrected chi connectivity index (χ1v) is 6.18. The van der Waals surface area contributed by atoms with Crippen molar-refractivity contribution in [3.8, 4) is 5.75 Å². The maximum absolute atomic E-state index is 5.98. The van der Waals surface area contributed by atoms with Gasteiger partial charge in [-0.1, -0.05) is 17.7 Å². The maximum atomic E-state index is 5.98. The van der Waals surface area contributed by atoms with Gasteiger partial charge in [0.2, 0.25) is 0 Å². The van der Waals surface area contributed by atoms with Crippen molar-refractivity contribution in [1.82, 2.24) is 4.98 Å². The number of benzene rings is 1. The Labute approximate surface area is 113 Å². The highest BCUT2D eigenvalue weighted by molar-refractivity contribution is 14.1. The van der Waals surface area contributed by atoms with Gasteiger partial charge >= 0.3 is 0 Å². The van der Waals surface area contributed by atoms with Gasteiger partial charge < -0.3 is 4.74 Å². The first kappa shape index (κ1) is 11.7. The Morgan fingerprint density at radius 2 is 2.19 bits per heavy atom. The molecule has 4 heteroatoms. The smallest absolute Gasteiger partial charge is 0.120 e. The Balaban J connectivity index is 2.05. The first-order chi connectivity index (χ1) is 7.75. The van der Waals surface area contributed by atoms with Gasteiger partial charge in [-0.15, -0.1) is 0 Å². The van der Waals surface area contributed by atoms with Crippen molar-refractivity contribution < 1.29 is 4.74 Å². The molecule has 1 aromatic heterocycles. The van der Waals surface area contributed by atoms with E-state index >= 15 is 0 Å². The third-order valence-corrected chi connectivity index (χ3v) is 3.06. The second-order valence-electron chi connectivity index (χ2n) is 3.21. The highest BCUT2D eigenvalue weighted by Gasteiger charge is 2.00. The van der Waals surface area contributed by atoms with Crippen LogP contribution in [0.5, 0.6) is 5.75 Å². The van der Waals surface area contributed by atoms with E-state index in [4.69, 9.17) is 16.3 Å². The molecular formula is C12H9ClINO. The number of ether oxygens (including phenoxy) is 1. The van der Waals surface area contributed by atoms with Crippen LogP contribution in [0, 0.1) is 3.57 Å². The fraction of sp³-hybridized carbons (Fsp3) is 0.0833. The summed E-state index contributed by atoms with van der Waals surface area (Å²) in [6.45, 7) is 0.460. The van der Waals surface area contributed by atoms with E-state index in [-0.39, 0.29) is 0 Å². The fourth-order valence-corrected chi connectivity index (χ4v) is 1.93. The molecule has 2 rings (SSSR count). The van der Waals surface area contributed by atoms with Gasteiger partial charge in [-0.2, -0.15) is 0 Å². The number of aromatic nitrogens is 1. The molecule has 2 nitrogen and oxygen atoms in total. The zero-order valence-corrected chi connectivity index (χ0v) is 11.3. The third kappa shape index (κ3) is 3.09. The predicted octanol–water partition coefficient (Wildman–Crippen LogP) is 3.92. The topological polar surface area (TPSA) is 22.1 Å². The summed E-state index contributed by atoms with van der Waals surface area (Å²) in [5, 5.41) is 0.633. The molecule has 16 heavy (non-hydrogen) atoms. The summed E-state index contributed by atoms with van der Waals surface area (Å²) in [7, 11) is 0. The molecule has 0 radical (unpaired) electrons. The molecule has 0 atom stereocenters. The second kappa shape index (κ2) is 5.50. The highest BCUT2D eigenvalue weighted by Crippen LogP contribution is 2.19. The van der Waals surface area contributed by atoms with Crippen molar-refractivity contribution >= 4 is 34.2 Å². The second-order valence-corrected chi connectivity index (χ2v) is 4.87. The SMILES string of the molecule is Clc1cnccc1COc1cccc(I)c1. The lowest BCUT2D eigenvalue weighted by Crippen LogP contribution is -1.96. The lowest BCUT2D eigenvalue weighted by molar-refractivity contribution is 0.306. The van der Waals surface area contributed by atoms with Gasteiger partial charge in [-0.3, -0.25) is 4.98 Å². The molecule has 0 bridgehead atoms. The van der Waals surface area contributed by atoms with Crippen molar-refractivity contribution in [2.24, 2.45) is 0 Å². The molecule has 1 aromatic carbocycles. The summed E-state index contributed by atoms with van der Waals surface area (Å²) in [4.78, 5) is 3.93. The van der Waals surface area contributed by atoms with Crippen LogP contribution in [-0.4, -0.2) is 4.98 Å². The van der Waals surface area contributed by atoms with E-state index in [9.17, 15) is 0 Å². The molecule has 0 spiro atoms. The van der Waals surface area contributed by atoms with Crippen molar-refractivity contribution in [3.05, 3.63) is 56.9 Å². The predicted molar refractivity (Wildman–Crippen MR) is 72.7 cm³/mol. The van der Waals surface area contributed by atoms with Crippen molar-refractivity contribution in [2.45, 2.75) is 6.61 Å². The molecule has 0 saturated heterocycles. The number of halogens is 2. The van der Waals surface area contributed by atoms with Gasteiger partial charge in [0, 0.05) is 21.5 Å². The molecule has 0 aliphatic rings. The minimum Gasteiger partial charge on any atom is -0.489 e. The molecule has 0 aliphatic heterocycles. The third-order valence-electron chi connectivity index (χ3n) is 2.05. The van der Waals surface area contributed by atoms with Crippen LogP contribution in [0.25, 0.3) is 0 Å². The Morgan fingerprint density at radius 1 is 1.31 bits per heavy atom. The van der Waals surface area contributed by atoms with Crippen LogP contribution in [0.1, 0.15) is 5.56 Å². The summed E-state index contributed by atoms with van der Waals surface area (Å²) in [6, 6.07) is 9.75. The summed E-state index contributed by atoms with van der Waals surface area (Å²) >= 11 is 8.23. The van der Waals surface area contributed by atoms with Crippen LogP contribution in [-0.2, 0) is 6.61 Å². The highest BCUT2D eigenvalue weighted by atomic mass is 127. The van der Waals surface area contributed by atoms with Crippen molar-refractivity contribution in [2.75, 3.05) is 0 Å². The lowest BCUT2D eigenvalue weighted by Gasteiger charge is -2.07. The fourth-order valence-electron chi connectivity index (χ4n) is 1.24. The average Bonchev–Trinajstić information content (AvgIpc) is 2.28. The van der Waals surface area contributed by atoms with Crippen LogP contribution in [0.3, 0.4) is 0 Å². The maximum Gasteiger partial charge on any atom is 0.120 e. The Bertz CT molecular complexity index is 490. The number of nitrogens with zero attached hydrogens (tertiary/aromatic N) is 1.